The molecule has 10 heteroatoms. The Hall–Kier alpha value is -1.97. The summed E-state index contributed by atoms with van der Waals surface area (Å²) >= 11 is 0. The van der Waals surface area contributed by atoms with Crippen molar-refractivity contribution in [1.29, 1.82) is 0 Å². The van der Waals surface area contributed by atoms with Gasteiger partial charge in [0.2, 0.25) is 0 Å². The monoisotopic (exact) mass is 353 g/mol. The van der Waals surface area contributed by atoms with Gasteiger partial charge in [-0.15, -0.1) is 0 Å². The van der Waals surface area contributed by atoms with E-state index in [4.69, 9.17) is 4.74 Å². The lowest BCUT2D eigenvalue weighted by Gasteiger charge is -2.09. The van der Waals surface area contributed by atoms with Crippen molar-refractivity contribution in [3.05, 3.63) is 33.9 Å². The third-order valence-corrected chi connectivity index (χ3v) is 4.07. The Balaban J connectivity index is 2.96. The molecule has 0 amide bonds. The first-order valence-electron chi connectivity index (χ1n) is 6.56. The molecule has 23 heavy (non-hydrogen) atoms. The minimum atomic E-state index is -4.76. The van der Waals surface area contributed by atoms with E-state index in [1.165, 1.54) is 0 Å². The molecule has 0 radical (unpaired) electrons. The van der Waals surface area contributed by atoms with Gasteiger partial charge in [-0.1, -0.05) is 13.3 Å². The second-order valence-electron chi connectivity index (χ2n) is 4.50. The number of hydrogen-bond donors (Lipinski definition) is 0. The van der Waals surface area contributed by atoms with Gasteiger partial charge in [0.05, 0.1) is 27.9 Å². The topological polar surface area (TPSA) is 86.5 Å². The van der Waals surface area contributed by atoms with E-state index in [0.29, 0.717) is 18.6 Å². The lowest BCUT2D eigenvalue weighted by Crippen LogP contribution is -2.16. The number of halogens is 3. The smallest absolute Gasteiger partial charge is 0.416 e. The number of nitro groups is 1. The lowest BCUT2D eigenvalue weighted by atomic mass is 10.2. The maximum atomic E-state index is 12.6. The van der Waals surface area contributed by atoms with Crippen LogP contribution in [0, 0.1) is 10.1 Å². The molecule has 0 fully saturated rings. The molecule has 0 spiro atoms. The summed E-state index contributed by atoms with van der Waals surface area (Å²) in [6.07, 6.45) is -3.37. The number of nitrogens with zero attached hydrogens (tertiary/aromatic N) is 1. The van der Waals surface area contributed by atoms with E-state index in [-0.39, 0.29) is 6.61 Å². The fourth-order valence-electron chi connectivity index (χ4n) is 1.59. The summed E-state index contributed by atoms with van der Waals surface area (Å²) in [6.45, 7) is 2.00. The molecule has 0 saturated carbocycles. The summed E-state index contributed by atoms with van der Waals surface area (Å²) < 4.78 is 54.5. The number of hydrogen-bond acceptors (Lipinski definition) is 5. The molecule has 0 aliphatic heterocycles. The summed E-state index contributed by atoms with van der Waals surface area (Å²) in [5.41, 5.74) is -2.17. The number of ether oxygens (including phenoxy) is 1. The molecule has 1 aromatic rings. The summed E-state index contributed by atoms with van der Waals surface area (Å²) in [5.74, 6) is -1.48. The Labute approximate surface area is 132 Å². The van der Waals surface area contributed by atoms with Gasteiger partial charge >= 0.3 is 12.1 Å². The Morgan fingerprint density at radius 3 is 2.57 bits per heavy atom. The van der Waals surface area contributed by atoms with E-state index in [1.54, 1.807) is 0 Å². The minimum absolute atomic E-state index is 0.127. The van der Waals surface area contributed by atoms with E-state index in [0.717, 1.165) is 12.5 Å². The standard InChI is InChI=1S/C13H14F3NO5S/c1-2-3-6-22-12(18)8-23(21)11-5-4-9(13(14,15)16)7-10(11)17(19)20/h4-5,7H,2-3,6,8H2,1H3/t23-/m1/s1. The maximum absolute atomic E-state index is 12.6. The van der Waals surface area contributed by atoms with Gasteiger partial charge in [-0.25, -0.2) is 0 Å². The van der Waals surface area contributed by atoms with Crippen LogP contribution < -0.4 is 0 Å². The molecule has 1 aromatic carbocycles. The van der Waals surface area contributed by atoms with Crippen molar-refractivity contribution >= 4 is 22.5 Å². The minimum Gasteiger partial charge on any atom is -0.465 e. The SMILES string of the molecule is CCCCOC(=O)C[S@@](=O)c1ccc(C(F)(F)F)cc1[N+](=O)[O-]. The van der Waals surface area contributed by atoms with Crippen LogP contribution in [0.5, 0.6) is 0 Å². The Bertz CT molecular complexity index is 618. The number of unbranched alkanes of at least 4 members (excludes halogenated alkanes) is 1. The molecule has 0 aliphatic rings. The van der Waals surface area contributed by atoms with E-state index < -0.39 is 49.8 Å². The molecule has 0 aromatic heterocycles. The number of carbonyl (C=O) groups is 1. The van der Waals surface area contributed by atoms with Gasteiger partial charge in [-0.05, 0) is 18.6 Å². The third kappa shape index (κ3) is 5.62. The summed E-state index contributed by atoms with van der Waals surface area (Å²) in [6, 6.07) is 1.63. The molecule has 0 aliphatic carbocycles. The number of benzene rings is 1. The van der Waals surface area contributed by atoms with Crippen LogP contribution in [0.3, 0.4) is 0 Å². The average molecular weight is 353 g/mol. The van der Waals surface area contributed by atoms with Crippen LogP contribution in [0.2, 0.25) is 0 Å². The van der Waals surface area contributed by atoms with Gasteiger partial charge in [0.1, 0.15) is 10.6 Å². The normalized spacial score (nSPS) is 12.7. The fraction of sp³-hybridized carbons (Fsp3) is 0.462. The zero-order valence-electron chi connectivity index (χ0n) is 12.1. The van der Waals surface area contributed by atoms with Gasteiger partial charge in [0.25, 0.3) is 5.69 Å². The summed E-state index contributed by atoms with van der Waals surface area (Å²) in [5, 5.41) is 10.9. The molecule has 0 N–H and O–H groups in total. The van der Waals surface area contributed by atoms with Crippen molar-refractivity contribution in [2.45, 2.75) is 30.8 Å². The van der Waals surface area contributed by atoms with Crippen molar-refractivity contribution in [2.75, 3.05) is 12.4 Å². The molecular formula is C13H14F3NO5S. The highest BCUT2D eigenvalue weighted by Crippen LogP contribution is 2.34. The zero-order valence-corrected chi connectivity index (χ0v) is 12.9. The first-order valence-corrected chi connectivity index (χ1v) is 7.88. The Morgan fingerprint density at radius 1 is 1.39 bits per heavy atom. The lowest BCUT2D eigenvalue weighted by molar-refractivity contribution is -0.388. The quantitative estimate of drug-likeness (QED) is 0.325. The number of nitro benzene ring substituents is 1. The van der Waals surface area contributed by atoms with Gasteiger partial charge in [-0.2, -0.15) is 13.2 Å². The predicted octanol–water partition coefficient (Wildman–Crippen LogP) is 3.06. The molecule has 0 heterocycles. The second kappa shape index (κ2) is 8.04. The van der Waals surface area contributed by atoms with E-state index >= 15 is 0 Å². The molecule has 128 valence electrons. The maximum Gasteiger partial charge on any atom is 0.416 e. The Kier molecular flexibility index (Phi) is 6.67. The molecule has 1 rings (SSSR count). The fourth-order valence-corrected chi connectivity index (χ4v) is 2.63. The third-order valence-electron chi connectivity index (χ3n) is 2.74. The van der Waals surface area contributed by atoms with Crippen LogP contribution in [-0.2, 0) is 26.5 Å². The van der Waals surface area contributed by atoms with Gasteiger partial charge in [-0.3, -0.25) is 19.1 Å². The molecule has 0 bridgehead atoms. The van der Waals surface area contributed by atoms with E-state index in [9.17, 15) is 32.3 Å². The number of alkyl halides is 3. The van der Waals surface area contributed by atoms with Gasteiger partial charge in [0, 0.05) is 6.07 Å². The van der Waals surface area contributed by atoms with Gasteiger partial charge in [0.15, 0.2) is 0 Å². The average Bonchev–Trinajstić information content (AvgIpc) is 2.45. The molecule has 1 atom stereocenters. The van der Waals surface area contributed by atoms with E-state index in [2.05, 4.69) is 0 Å². The van der Waals surface area contributed by atoms with Crippen molar-refractivity contribution in [3.8, 4) is 0 Å². The van der Waals surface area contributed by atoms with Crippen LogP contribution in [0.4, 0.5) is 18.9 Å². The molecule has 0 saturated heterocycles. The Morgan fingerprint density at radius 2 is 2.04 bits per heavy atom. The highest BCUT2D eigenvalue weighted by molar-refractivity contribution is 7.85. The highest BCUT2D eigenvalue weighted by Gasteiger charge is 2.34. The summed E-state index contributed by atoms with van der Waals surface area (Å²) in [7, 11) is -2.17. The van der Waals surface area contributed by atoms with Crippen LogP contribution in [0.1, 0.15) is 25.3 Å². The highest BCUT2D eigenvalue weighted by atomic mass is 32.2. The predicted molar refractivity (Wildman–Crippen MR) is 75.2 cm³/mol. The first-order chi connectivity index (χ1) is 10.7. The first kappa shape index (κ1) is 19.1. The molecule has 6 nitrogen and oxygen atoms in total. The van der Waals surface area contributed by atoms with Crippen molar-refractivity contribution in [1.82, 2.24) is 0 Å². The van der Waals surface area contributed by atoms with Crippen molar-refractivity contribution < 1.29 is 31.8 Å². The van der Waals surface area contributed by atoms with Crippen LogP contribution >= 0.6 is 0 Å². The van der Waals surface area contributed by atoms with Crippen LogP contribution in [0.25, 0.3) is 0 Å². The van der Waals surface area contributed by atoms with Gasteiger partial charge < -0.3 is 4.74 Å². The van der Waals surface area contributed by atoms with Crippen molar-refractivity contribution in [3.63, 3.8) is 0 Å². The number of rotatable bonds is 7. The van der Waals surface area contributed by atoms with E-state index in [1.807, 2.05) is 6.92 Å². The zero-order chi connectivity index (χ0) is 17.6. The summed E-state index contributed by atoms with van der Waals surface area (Å²) in [4.78, 5) is 20.8. The number of carbonyl (C=O) groups excluding carboxylic acids is 1. The largest absolute Gasteiger partial charge is 0.465 e. The van der Waals surface area contributed by atoms with Crippen molar-refractivity contribution in [2.24, 2.45) is 0 Å². The molecule has 0 unspecified atom stereocenters. The second-order valence-corrected chi connectivity index (χ2v) is 5.92. The van der Waals surface area contributed by atoms with Crippen LogP contribution in [-0.4, -0.2) is 27.5 Å². The molecular weight excluding hydrogens is 339 g/mol. The van der Waals surface area contributed by atoms with Crippen LogP contribution in [0.15, 0.2) is 23.1 Å². The number of esters is 1.